The van der Waals surface area contributed by atoms with E-state index in [1.165, 1.54) is 22.7 Å². The van der Waals surface area contributed by atoms with Crippen LogP contribution in [0.15, 0.2) is 47.5 Å². The van der Waals surface area contributed by atoms with Crippen LogP contribution in [0.3, 0.4) is 0 Å². The number of hydrogen-bond donors (Lipinski definition) is 3. The Morgan fingerprint density at radius 3 is 2.64 bits per heavy atom. The van der Waals surface area contributed by atoms with Gasteiger partial charge in [-0.25, -0.2) is 13.6 Å². The van der Waals surface area contributed by atoms with Crippen molar-refractivity contribution >= 4 is 21.6 Å². The molecule has 0 bridgehead atoms. The molecule has 1 amide bonds. The van der Waals surface area contributed by atoms with E-state index in [-0.39, 0.29) is 10.8 Å². The third kappa shape index (κ3) is 4.09. The lowest BCUT2D eigenvalue weighted by molar-refractivity contribution is -0.910. The summed E-state index contributed by atoms with van der Waals surface area (Å²) >= 11 is 0. The maximum Gasteiger partial charge on any atom is 0.279 e. The molecule has 1 fully saturated rings. The fraction of sp³-hybridized carbons (Fsp3) is 0.353. The van der Waals surface area contributed by atoms with E-state index in [9.17, 15) is 13.2 Å². The number of rotatable bonds is 5. The zero-order valence-electron chi connectivity index (χ0n) is 14.1. The molecule has 0 spiro atoms. The van der Waals surface area contributed by atoms with E-state index < -0.39 is 10.0 Å². The average Bonchev–Trinajstić information content (AvgIpc) is 3.15. The molecule has 25 heavy (non-hydrogen) atoms. The number of quaternary nitrogens is 1. The predicted molar refractivity (Wildman–Crippen MR) is 94.5 cm³/mol. The largest absolute Gasteiger partial charge is 0.350 e. The number of anilines is 1. The van der Waals surface area contributed by atoms with E-state index in [0.29, 0.717) is 18.3 Å². The number of likely N-dealkylation sites (tertiary alicyclic amines) is 1. The summed E-state index contributed by atoms with van der Waals surface area (Å²) in [6.07, 6.45) is 4.20. The van der Waals surface area contributed by atoms with Crippen LogP contribution in [-0.4, -0.2) is 32.0 Å². The minimum Gasteiger partial charge on any atom is -0.350 e. The molecule has 2 aromatic rings. The van der Waals surface area contributed by atoms with Crippen molar-refractivity contribution in [1.29, 1.82) is 0 Å². The highest BCUT2D eigenvalue weighted by Crippen LogP contribution is 2.19. The number of carbonyl (C=O) groups excluding carboxylic acids is 1. The van der Waals surface area contributed by atoms with Crippen LogP contribution in [0.1, 0.15) is 24.6 Å². The van der Waals surface area contributed by atoms with Crippen molar-refractivity contribution in [3.8, 4) is 0 Å². The van der Waals surface area contributed by atoms with Crippen molar-refractivity contribution in [3.05, 3.63) is 48.3 Å². The smallest absolute Gasteiger partial charge is 0.279 e. The molecule has 4 N–H and O–H groups in total. The minimum atomic E-state index is -3.72. The van der Waals surface area contributed by atoms with Crippen molar-refractivity contribution in [2.75, 3.05) is 18.4 Å². The maximum atomic E-state index is 12.4. The van der Waals surface area contributed by atoms with Gasteiger partial charge in [0.2, 0.25) is 10.0 Å². The first-order valence-corrected chi connectivity index (χ1v) is 9.78. The molecule has 1 aromatic heterocycles. The number of hydrogen-bond acceptors (Lipinski definition) is 3. The number of primary sulfonamides is 1. The fourth-order valence-electron chi connectivity index (χ4n) is 3.46. The standard InChI is InChI=1S/C17H22N4O3S/c1-20-10-2-4-15(20)16-5-3-11-21(16)12-17(22)19-13-6-8-14(9-7-13)25(18,23)24/h2,4,6-10,16H,3,5,11-12H2,1H3,(H,19,22)(H2,18,23,24)/p+1/t16-/m1/s1. The van der Waals surface area contributed by atoms with Gasteiger partial charge in [-0.3, -0.25) is 4.79 Å². The first kappa shape index (κ1) is 17.7. The monoisotopic (exact) mass is 363 g/mol. The lowest BCUT2D eigenvalue weighted by atomic mass is 10.1. The van der Waals surface area contributed by atoms with E-state index in [1.54, 1.807) is 12.1 Å². The van der Waals surface area contributed by atoms with Gasteiger partial charge in [0, 0.05) is 31.8 Å². The summed E-state index contributed by atoms with van der Waals surface area (Å²) in [5.74, 6) is -0.0838. The molecule has 0 aliphatic carbocycles. The summed E-state index contributed by atoms with van der Waals surface area (Å²) in [4.78, 5) is 13.6. The summed E-state index contributed by atoms with van der Waals surface area (Å²) in [6.45, 7) is 1.35. The van der Waals surface area contributed by atoms with Gasteiger partial charge < -0.3 is 14.8 Å². The first-order valence-electron chi connectivity index (χ1n) is 8.23. The SMILES string of the molecule is Cn1cccc1[C@H]1CCC[NH+]1CC(=O)Nc1ccc(S(N)(=O)=O)cc1. The topological polar surface area (TPSA) is 98.6 Å². The van der Waals surface area contributed by atoms with Gasteiger partial charge in [0.25, 0.3) is 5.91 Å². The molecule has 1 aromatic carbocycles. The fourth-order valence-corrected chi connectivity index (χ4v) is 3.97. The lowest BCUT2D eigenvalue weighted by Crippen LogP contribution is -3.11. The lowest BCUT2D eigenvalue weighted by Gasteiger charge is -2.21. The third-order valence-corrected chi connectivity index (χ3v) is 5.61. The third-order valence-electron chi connectivity index (χ3n) is 4.68. The Kier molecular flexibility index (Phi) is 4.94. The predicted octanol–water partition coefficient (Wildman–Crippen LogP) is 0.0310. The molecule has 1 aliphatic heterocycles. The molecule has 0 radical (unpaired) electrons. The van der Waals surface area contributed by atoms with Crippen LogP contribution in [0, 0.1) is 0 Å². The number of benzene rings is 1. The van der Waals surface area contributed by atoms with Gasteiger partial charge in [-0.2, -0.15) is 0 Å². The summed E-state index contributed by atoms with van der Waals surface area (Å²) in [6, 6.07) is 10.3. The van der Waals surface area contributed by atoms with Crippen LogP contribution in [-0.2, 0) is 21.9 Å². The molecule has 8 heteroatoms. The second-order valence-corrected chi connectivity index (χ2v) is 8.00. The van der Waals surface area contributed by atoms with Crippen LogP contribution in [0.25, 0.3) is 0 Å². The van der Waals surface area contributed by atoms with E-state index in [4.69, 9.17) is 5.14 Å². The van der Waals surface area contributed by atoms with E-state index >= 15 is 0 Å². The van der Waals surface area contributed by atoms with Crippen LogP contribution >= 0.6 is 0 Å². The Hall–Kier alpha value is -2.16. The molecule has 2 heterocycles. The number of nitrogens with one attached hydrogen (secondary N) is 2. The number of aryl methyl sites for hydroxylation is 1. The Labute approximate surface area is 147 Å². The van der Waals surface area contributed by atoms with E-state index in [2.05, 4.69) is 16.0 Å². The van der Waals surface area contributed by atoms with Gasteiger partial charge >= 0.3 is 0 Å². The normalized spacial score (nSPS) is 20.6. The van der Waals surface area contributed by atoms with Crippen LogP contribution < -0.4 is 15.4 Å². The molecule has 1 saturated heterocycles. The van der Waals surface area contributed by atoms with E-state index in [0.717, 1.165) is 19.4 Å². The van der Waals surface area contributed by atoms with Crippen molar-refractivity contribution in [3.63, 3.8) is 0 Å². The van der Waals surface area contributed by atoms with Crippen molar-refractivity contribution in [2.24, 2.45) is 12.2 Å². The molecular formula is C17H23N4O3S+. The zero-order chi connectivity index (χ0) is 18.0. The number of amides is 1. The Balaban J connectivity index is 1.63. The van der Waals surface area contributed by atoms with Crippen LogP contribution in [0.4, 0.5) is 5.69 Å². The number of carbonyl (C=O) groups is 1. The van der Waals surface area contributed by atoms with Gasteiger partial charge in [0.15, 0.2) is 6.54 Å². The van der Waals surface area contributed by atoms with Gasteiger partial charge in [0.1, 0.15) is 6.04 Å². The Morgan fingerprint density at radius 1 is 1.32 bits per heavy atom. The molecule has 1 aliphatic rings. The molecule has 0 saturated carbocycles. The molecule has 1 unspecified atom stereocenters. The van der Waals surface area contributed by atoms with Crippen molar-refractivity contribution < 1.29 is 18.1 Å². The van der Waals surface area contributed by atoms with E-state index in [1.807, 2.05) is 19.3 Å². The number of sulfonamides is 1. The summed E-state index contributed by atoms with van der Waals surface area (Å²) in [7, 11) is -1.70. The highest BCUT2D eigenvalue weighted by Gasteiger charge is 2.32. The summed E-state index contributed by atoms with van der Waals surface area (Å²) < 4.78 is 24.6. The number of nitrogens with two attached hydrogens (primary N) is 1. The quantitative estimate of drug-likeness (QED) is 0.699. The molecular weight excluding hydrogens is 340 g/mol. The van der Waals surface area contributed by atoms with Crippen molar-refractivity contribution in [2.45, 2.75) is 23.8 Å². The van der Waals surface area contributed by atoms with Gasteiger partial charge in [0.05, 0.1) is 17.1 Å². The Morgan fingerprint density at radius 2 is 2.04 bits per heavy atom. The van der Waals surface area contributed by atoms with Crippen LogP contribution in [0.2, 0.25) is 0 Å². The van der Waals surface area contributed by atoms with Crippen LogP contribution in [0.5, 0.6) is 0 Å². The highest BCUT2D eigenvalue weighted by atomic mass is 32.2. The molecule has 7 nitrogen and oxygen atoms in total. The zero-order valence-corrected chi connectivity index (χ0v) is 14.9. The maximum absolute atomic E-state index is 12.4. The Bertz CT molecular complexity index is 858. The second-order valence-electron chi connectivity index (χ2n) is 6.44. The summed E-state index contributed by atoms with van der Waals surface area (Å²) in [5, 5.41) is 7.90. The summed E-state index contributed by atoms with van der Waals surface area (Å²) in [5.41, 5.74) is 1.81. The number of nitrogens with zero attached hydrogens (tertiary/aromatic N) is 1. The number of aromatic nitrogens is 1. The molecule has 134 valence electrons. The minimum absolute atomic E-state index is 0.0273. The molecule has 2 atom stereocenters. The highest BCUT2D eigenvalue weighted by molar-refractivity contribution is 7.89. The average molecular weight is 363 g/mol. The van der Waals surface area contributed by atoms with Gasteiger partial charge in [-0.05, 0) is 36.4 Å². The van der Waals surface area contributed by atoms with Crippen molar-refractivity contribution in [1.82, 2.24) is 4.57 Å². The molecule has 3 rings (SSSR count). The van der Waals surface area contributed by atoms with Gasteiger partial charge in [-0.1, -0.05) is 0 Å². The van der Waals surface area contributed by atoms with Gasteiger partial charge in [-0.15, -0.1) is 0 Å². The second kappa shape index (κ2) is 6.99. The first-order chi connectivity index (χ1) is 11.8.